The molecule has 1 atom stereocenters. The van der Waals surface area contributed by atoms with Crippen LogP contribution in [0.25, 0.3) is 0 Å². The van der Waals surface area contributed by atoms with Crippen molar-refractivity contribution in [1.82, 2.24) is 24.6 Å². The smallest absolute Gasteiger partial charge is 0.227 e. The second-order valence-electron chi connectivity index (χ2n) is 8.87. The maximum Gasteiger partial charge on any atom is 0.227 e. The molecule has 0 spiro atoms. The van der Waals surface area contributed by atoms with Crippen molar-refractivity contribution >= 4 is 29.1 Å². The molecular formula is C22H33N5O3S. The van der Waals surface area contributed by atoms with Crippen LogP contribution in [0.2, 0.25) is 0 Å². The van der Waals surface area contributed by atoms with Crippen LogP contribution in [0, 0.1) is 12.8 Å². The SMILES string of the molecule is Cc1nc(CN2CCN(C(=O)[C@H]3CCC(=O)N(CCCN4CCCC4=O)C3)CC2)cs1. The van der Waals surface area contributed by atoms with E-state index in [1.807, 2.05) is 21.6 Å². The van der Waals surface area contributed by atoms with Crippen LogP contribution < -0.4 is 0 Å². The normalized spacial score (nSPS) is 23.1. The molecule has 31 heavy (non-hydrogen) atoms. The molecule has 4 rings (SSSR count). The zero-order chi connectivity index (χ0) is 21.8. The number of hydrogen-bond donors (Lipinski definition) is 0. The summed E-state index contributed by atoms with van der Waals surface area (Å²) in [4.78, 5) is 49.8. The Hall–Kier alpha value is -2.00. The highest BCUT2D eigenvalue weighted by atomic mass is 32.1. The van der Waals surface area contributed by atoms with E-state index in [9.17, 15) is 14.4 Å². The largest absolute Gasteiger partial charge is 0.343 e. The molecule has 3 aliphatic rings. The van der Waals surface area contributed by atoms with E-state index >= 15 is 0 Å². The predicted molar refractivity (Wildman–Crippen MR) is 118 cm³/mol. The van der Waals surface area contributed by atoms with E-state index in [2.05, 4.69) is 15.3 Å². The fourth-order valence-electron chi connectivity index (χ4n) is 4.82. The van der Waals surface area contributed by atoms with E-state index < -0.39 is 0 Å². The molecule has 0 N–H and O–H groups in total. The van der Waals surface area contributed by atoms with Crippen molar-refractivity contribution in [1.29, 1.82) is 0 Å². The Labute approximate surface area is 188 Å². The van der Waals surface area contributed by atoms with Crippen molar-refractivity contribution in [3.8, 4) is 0 Å². The van der Waals surface area contributed by atoms with Crippen LogP contribution >= 0.6 is 11.3 Å². The summed E-state index contributed by atoms with van der Waals surface area (Å²) in [6.45, 7) is 8.77. The standard InChI is InChI=1S/C22H33N5O3S/c1-17-23-19(16-31-17)15-24-10-12-26(13-11-24)22(30)18-5-6-21(29)27(14-18)9-3-8-25-7-2-4-20(25)28/h16,18H,2-15H2,1H3/t18-/m0/s1. The van der Waals surface area contributed by atoms with E-state index in [0.29, 0.717) is 38.9 Å². The monoisotopic (exact) mass is 447 g/mol. The first-order chi connectivity index (χ1) is 15.0. The van der Waals surface area contributed by atoms with Crippen LogP contribution in [0.1, 0.15) is 42.8 Å². The fourth-order valence-corrected chi connectivity index (χ4v) is 5.42. The summed E-state index contributed by atoms with van der Waals surface area (Å²) < 4.78 is 0. The van der Waals surface area contributed by atoms with Crippen molar-refractivity contribution in [2.45, 2.75) is 45.6 Å². The average Bonchev–Trinajstić information content (AvgIpc) is 3.37. The van der Waals surface area contributed by atoms with Gasteiger partial charge in [-0.2, -0.15) is 0 Å². The van der Waals surface area contributed by atoms with E-state index in [1.165, 1.54) is 0 Å². The summed E-state index contributed by atoms with van der Waals surface area (Å²) >= 11 is 1.68. The minimum Gasteiger partial charge on any atom is -0.343 e. The van der Waals surface area contributed by atoms with Gasteiger partial charge in [-0.1, -0.05) is 0 Å². The number of rotatable bonds is 7. The third-order valence-electron chi connectivity index (χ3n) is 6.61. The van der Waals surface area contributed by atoms with Gasteiger partial charge in [-0.25, -0.2) is 4.98 Å². The van der Waals surface area contributed by atoms with E-state index in [1.54, 1.807) is 11.3 Å². The number of thiazole rings is 1. The van der Waals surface area contributed by atoms with Crippen LogP contribution in [0.15, 0.2) is 5.38 Å². The van der Waals surface area contributed by atoms with Gasteiger partial charge < -0.3 is 14.7 Å². The minimum atomic E-state index is -0.0983. The van der Waals surface area contributed by atoms with E-state index in [0.717, 1.165) is 62.8 Å². The molecule has 0 aliphatic carbocycles. The molecule has 3 amide bonds. The number of carbonyl (C=O) groups is 3. The first-order valence-electron chi connectivity index (χ1n) is 11.5. The third-order valence-corrected chi connectivity index (χ3v) is 7.44. The summed E-state index contributed by atoms with van der Waals surface area (Å²) in [7, 11) is 0. The van der Waals surface area contributed by atoms with E-state index in [-0.39, 0.29) is 23.6 Å². The molecule has 4 heterocycles. The topological polar surface area (TPSA) is 77.1 Å². The van der Waals surface area contributed by atoms with Gasteiger partial charge >= 0.3 is 0 Å². The van der Waals surface area contributed by atoms with Gasteiger partial charge in [0, 0.05) is 77.1 Å². The molecule has 1 aromatic rings. The lowest BCUT2D eigenvalue weighted by Gasteiger charge is -2.39. The zero-order valence-electron chi connectivity index (χ0n) is 18.4. The summed E-state index contributed by atoms with van der Waals surface area (Å²) in [5.41, 5.74) is 1.11. The molecule has 0 saturated carbocycles. The van der Waals surface area contributed by atoms with Crippen LogP contribution in [0.4, 0.5) is 0 Å². The van der Waals surface area contributed by atoms with Crippen molar-refractivity contribution in [3.63, 3.8) is 0 Å². The number of piperazine rings is 1. The number of nitrogens with zero attached hydrogens (tertiary/aromatic N) is 5. The van der Waals surface area contributed by atoms with Crippen LogP contribution in [-0.4, -0.2) is 94.7 Å². The van der Waals surface area contributed by atoms with Gasteiger partial charge in [-0.15, -0.1) is 11.3 Å². The summed E-state index contributed by atoms with van der Waals surface area (Å²) in [6, 6.07) is 0. The molecular weight excluding hydrogens is 414 g/mol. The van der Waals surface area contributed by atoms with Gasteiger partial charge in [-0.05, 0) is 26.2 Å². The Kier molecular flexibility index (Phi) is 7.22. The maximum absolute atomic E-state index is 13.1. The average molecular weight is 448 g/mol. The number of aromatic nitrogens is 1. The highest BCUT2D eigenvalue weighted by molar-refractivity contribution is 7.09. The molecule has 3 aliphatic heterocycles. The summed E-state index contributed by atoms with van der Waals surface area (Å²) in [6.07, 6.45) is 3.47. The molecule has 3 saturated heterocycles. The molecule has 0 aromatic carbocycles. The lowest BCUT2D eigenvalue weighted by atomic mass is 9.95. The summed E-state index contributed by atoms with van der Waals surface area (Å²) in [5.74, 6) is 0.456. The molecule has 0 unspecified atom stereocenters. The zero-order valence-corrected chi connectivity index (χ0v) is 19.2. The number of piperidine rings is 1. The Morgan fingerprint density at radius 2 is 1.81 bits per heavy atom. The number of hydrogen-bond acceptors (Lipinski definition) is 6. The lowest BCUT2D eigenvalue weighted by Crippen LogP contribution is -2.53. The molecule has 0 bridgehead atoms. The second-order valence-corrected chi connectivity index (χ2v) is 9.93. The van der Waals surface area contributed by atoms with Gasteiger partial charge in [0.05, 0.1) is 16.6 Å². The van der Waals surface area contributed by atoms with Crippen LogP contribution in [0.5, 0.6) is 0 Å². The molecule has 9 heteroatoms. The lowest BCUT2D eigenvalue weighted by molar-refractivity contribution is -0.144. The van der Waals surface area contributed by atoms with Gasteiger partial charge in [-0.3, -0.25) is 19.3 Å². The molecule has 0 radical (unpaired) electrons. The van der Waals surface area contributed by atoms with Crippen molar-refractivity contribution in [2.24, 2.45) is 5.92 Å². The Bertz CT molecular complexity index is 805. The number of amides is 3. The Morgan fingerprint density at radius 3 is 2.48 bits per heavy atom. The third kappa shape index (κ3) is 5.63. The van der Waals surface area contributed by atoms with Gasteiger partial charge in [0.25, 0.3) is 0 Å². The Morgan fingerprint density at radius 1 is 1.06 bits per heavy atom. The van der Waals surface area contributed by atoms with Crippen LogP contribution in [0.3, 0.4) is 0 Å². The number of carbonyl (C=O) groups excluding carboxylic acids is 3. The molecule has 170 valence electrons. The highest BCUT2D eigenvalue weighted by Crippen LogP contribution is 2.22. The van der Waals surface area contributed by atoms with E-state index in [4.69, 9.17) is 0 Å². The number of likely N-dealkylation sites (tertiary alicyclic amines) is 2. The Balaban J connectivity index is 1.22. The number of aryl methyl sites for hydroxylation is 1. The van der Waals surface area contributed by atoms with Crippen LogP contribution in [-0.2, 0) is 20.9 Å². The first-order valence-corrected chi connectivity index (χ1v) is 12.4. The maximum atomic E-state index is 13.1. The first kappa shape index (κ1) is 22.2. The molecule has 1 aromatic heterocycles. The highest BCUT2D eigenvalue weighted by Gasteiger charge is 2.34. The van der Waals surface area contributed by atoms with Gasteiger partial charge in [0.1, 0.15) is 0 Å². The van der Waals surface area contributed by atoms with Crippen molar-refractivity contribution in [2.75, 3.05) is 52.4 Å². The van der Waals surface area contributed by atoms with Gasteiger partial charge in [0.2, 0.25) is 17.7 Å². The molecule has 3 fully saturated rings. The molecule has 8 nitrogen and oxygen atoms in total. The summed E-state index contributed by atoms with van der Waals surface area (Å²) in [5, 5.41) is 3.20. The quantitative estimate of drug-likeness (QED) is 0.631. The predicted octanol–water partition coefficient (Wildman–Crippen LogP) is 1.35. The van der Waals surface area contributed by atoms with Crippen molar-refractivity contribution < 1.29 is 14.4 Å². The minimum absolute atomic E-state index is 0.0983. The second kappa shape index (κ2) is 10.1. The van der Waals surface area contributed by atoms with Crippen molar-refractivity contribution in [3.05, 3.63) is 16.1 Å². The fraction of sp³-hybridized carbons (Fsp3) is 0.727. The van der Waals surface area contributed by atoms with Gasteiger partial charge in [0.15, 0.2) is 0 Å².